The second-order valence-corrected chi connectivity index (χ2v) is 9.95. The Bertz CT molecular complexity index is 1170. The van der Waals surface area contributed by atoms with E-state index in [9.17, 15) is 13.2 Å². The van der Waals surface area contributed by atoms with Gasteiger partial charge in [-0.1, -0.05) is 0 Å². The Balaban J connectivity index is 1.56. The monoisotopic (exact) mass is 477 g/mol. The van der Waals surface area contributed by atoms with Crippen molar-refractivity contribution in [1.29, 1.82) is 0 Å². The van der Waals surface area contributed by atoms with Gasteiger partial charge >= 0.3 is 0 Å². The number of Topliss-reactive ketones (excluding diaryl/α,β-unsaturated/α-hetero) is 1. The molecular weight excluding hydrogens is 450 g/mol. The summed E-state index contributed by atoms with van der Waals surface area (Å²) in [5.74, 6) is 2.02. The maximum Gasteiger partial charge on any atom is 0.243 e. The van der Waals surface area contributed by atoms with E-state index in [0.29, 0.717) is 47.2 Å². The fourth-order valence-electron chi connectivity index (χ4n) is 4.39. The average Bonchev–Trinajstić information content (AvgIpc) is 2.82. The summed E-state index contributed by atoms with van der Waals surface area (Å²) >= 11 is 0. The number of hydrogen-bond donors (Lipinski definition) is 0. The Kier molecular flexibility index (Phi) is 6.15. The van der Waals surface area contributed by atoms with Crippen molar-refractivity contribution in [2.24, 2.45) is 0 Å². The number of fused-ring (bicyclic) bond motifs is 1. The number of ether oxygens (including phenoxy) is 5. The third kappa shape index (κ3) is 4.08. The van der Waals surface area contributed by atoms with Crippen LogP contribution in [0.2, 0.25) is 0 Å². The van der Waals surface area contributed by atoms with Crippen LogP contribution >= 0.6 is 0 Å². The summed E-state index contributed by atoms with van der Waals surface area (Å²) in [6.07, 6.45) is 0.918. The molecule has 0 aromatic heterocycles. The highest BCUT2D eigenvalue weighted by atomic mass is 32.2. The number of carbonyl (C=O) groups is 1. The van der Waals surface area contributed by atoms with Crippen molar-refractivity contribution in [2.75, 3.05) is 41.5 Å². The van der Waals surface area contributed by atoms with Crippen LogP contribution in [0, 0.1) is 0 Å². The minimum Gasteiger partial charge on any atom is -0.496 e. The maximum absolute atomic E-state index is 13.2. The molecule has 0 aliphatic carbocycles. The van der Waals surface area contributed by atoms with E-state index in [1.165, 1.54) is 44.9 Å². The first-order valence-corrected chi connectivity index (χ1v) is 11.9. The molecule has 178 valence electrons. The van der Waals surface area contributed by atoms with Crippen molar-refractivity contribution >= 4 is 15.8 Å². The largest absolute Gasteiger partial charge is 0.496 e. The summed E-state index contributed by atoms with van der Waals surface area (Å²) in [6, 6.07) is 7.84. The van der Waals surface area contributed by atoms with Crippen LogP contribution in [-0.4, -0.2) is 65.6 Å². The first kappa shape index (κ1) is 23.2. The van der Waals surface area contributed by atoms with Crippen LogP contribution in [0.25, 0.3) is 0 Å². The van der Waals surface area contributed by atoms with Gasteiger partial charge in [0.1, 0.15) is 28.4 Å². The molecule has 0 bridgehead atoms. The molecule has 9 nitrogen and oxygen atoms in total. The van der Waals surface area contributed by atoms with Gasteiger partial charge in [-0.05, 0) is 12.1 Å². The standard InChI is InChI=1S/C23H27NO8S/c1-28-15-11-20(31-4)22-17(25)14-23(32-21(22)12-15)7-9-24(10-8-23)33(26,27)16-5-6-18(29-2)19(13-16)30-3/h5-6,11-13H,7-10,14H2,1-4H3. The van der Waals surface area contributed by atoms with Crippen molar-refractivity contribution in [3.05, 3.63) is 35.9 Å². The summed E-state index contributed by atoms with van der Waals surface area (Å²) in [4.78, 5) is 13.1. The number of hydrogen-bond acceptors (Lipinski definition) is 8. The minimum absolute atomic E-state index is 0.0908. The average molecular weight is 478 g/mol. The van der Waals surface area contributed by atoms with E-state index >= 15 is 0 Å². The van der Waals surface area contributed by atoms with Gasteiger partial charge in [0.15, 0.2) is 17.3 Å². The van der Waals surface area contributed by atoms with Crippen molar-refractivity contribution < 1.29 is 36.9 Å². The third-order valence-electron chi connectivity index (χ3n) is 6.21. The van der Waals surface area contributed by atoms with E-state index < -0.39 is 15.6 Å². The molecule has 0 unspecified atom stereocenters. The molecular formula is C23H27NO8S. The molecule has 2 aliphatic heterocycles. The van der Waals surface area contributed by atoms with Crippen LogP contribution in [0.4, 0.5) is 0 Å². The molecule has 2 aliphatic rings. The van der Waals surface area contributed by atoms with Crippen molar-refractivity contribution in [1.82, 2.24) is 4.31 Å². The van der Waals surface area contributed by atoms with Crippen LogP contribution in [0.5, 0.6) is 28.7 Å². The molecule has 0 amide bonds. The number of ketones is 1. The number of piperidine rings is 1. The van der Waals surface area contributed by atoms with Gasteiger partial charge in [0.05, 0.1) is 39.8 Å². The molecule has 0 N–H and O–H groups in total. The summed E-state index contributed by atoms with van der Waals surface area (Å²) in [7, 11) is 2.21. The number of rotatable bonds is 6. The molecule has 2 heterocycles. The van der Waals surface area contributed by atoms with Crippen molar-refractivity contribution in [3.63, 3.8) is 0 Å². The van der Waals surface area contributed by atoms with Gasteiger partial charge in [0, 0.05) is 44.1 Å². The SMILES string of the molecule is COc1cc(OC)c2c(c1)OC1(CCN(S(=O)(=O)c3ccc(OC)c(OC)c3)CC1)CC2=O. The van der Waals surface area contributed by atoms with E-state index in [4.69, 9.17) is 23.7 Å². The smallest absolute Gasteiger partial charge is 0.243 e. The van der Waals surface area contributed by atoms with Crippen LogP contribution < -0.4 is 23.7 Å². The number of methoxy groups -OCH3 is 4. The molecule has 0 atom stereocenters. The van der Waals surface area contributed by atoms with E-state index in [0.717, 1.165) is 0 Å². The highest BCUT2D eigenvalue weighted by molar-refractivity contribution is 7.89. The van der Waals surface area contributed by atoms with Crippen LogP contribution in [-0.2, 0) is 10.0 Å². The highest BCUT2D eigenvalue weighted by Gasteiger charge is 2.46. The van der Waals surface area contributed by atoms with Gasteiger partial charge in [-0.15, -0.1) is 0 Å². The Morgan fingerprint density at radius 3 is 2.15 bits per heavy atom. The second-order valence-electron chi connectivity index (χ2n) is 8.01. The second kappa shape index (κ2) is 8.75. The summed E-state index contributed by atoms with van der Waals surface area (Å²) in [5, 5.41) is 0. The Morgan fingerprint density at radius 2 is 1.55 bits per heavy atom. The summed E-state index contributed by atoms with van der Waals surface area (Å²) in [5.41, 5.74) is -0.380. The van der Waals surface area contributed by atoms with E-state index in [1.54, 1.807) is 18.2 Å². The molecule has 33 heavy (non-hydrogen) atoms. The quantitative estimate of drug-likeness (QED) is 0.626. The lowest BCUT2D eigenvalue weighted by atomic mass is 9.82. The number of benzene rings is 2. The zero-order chi connectivity index (χ0) is 23.8. The zero-order valence-electron chi connectivity index (χ0n) is 19.0. The first-order chi connectivity index (χ1) is 15.8. The normalized spacial score (nSPS) is 17.8. The van der Waals surface area contributed by atoms with Crippen LogP contribution in [0.1, 0.15) is 29.6 Å². The minimum atomic E-state index is -3.75. The van der Waals surface area contributed by atoms with E-state index in [-0.39, 0.29) is 30.2 Å². The van der Waals surface area contributed by atoms with Gasteiger partial charge in [0.2, 0.25) is 10.0 Å². The first-order valence-electron chi connectivity index (χ1n) is 10.5. The Labute approximate surface area is 193 Å². The fourth-order valence-corrected chi connectivity index (χ4v) is 5.85. The summed E-state index contributed by atoms with van der Waals surface area (Å²) < 4.78 is 55.3. The van der Waals surface area contributed by atoms with Gasteiger partial charge in [-0.25, -0.2) is 8.42 Å². The van der Waals surface area contributed by atoms with Crippen LogP contribution in [0.15, 0.2) is 35.2 Å². The summed E-state index contributed by atoms with van der Waals surface area (Å²) in [6.45, 7) is 0.445. The molecule has 4 rings (SSSR count). The van der Waals surface area contributed by atoms with Gasteiger partial charge < -0.3 is 23.7 Å². The van der Waals surface area contributed by atoms with Crippen molar-refractivity contribution in [3.8, 4) is 28.7 Å². The van der Waals surface area contributed by atoms with Gasteiger partial charge in [0.25, 0.3) is 0 Å². The molecule has 10 heteroatoms. The number of carbonyl (C=O) groups excluding carboxylic acids is 1. The highest BCUT2D eigenvalue weighted by Crippen LogP contribution is 2.45. The molecule has 1 spiro atoms. The Morgan fingerprint density at radius 1 is 0.879 bits per heavy atom. The molecule has 0 radical (unpaired) electrons. The lowest BCUT2D eigenvalue weighted by Crippen LogP contribution is -2.52. The molecule has 2 aromatic rings. The van der Waals surface area contributed by atoms with Gasteiger partial charge in [-0.3, -0.25) is 4.79 Å². The zero-order valence-corrected chi connectivity index (χ0v) is 19.9. The van der Waals surface area contributed by atoms with Gasteiger partial charge in [-0.2, -0.15) is 4.31 Å². The molecule has 1 saturated heterocycles. The topological polar surface area (TPSA) is 101 Å². The molecule has 1 fully saturated rings. The predicted octanol–water partition coefficient (Wildman–Crippen LogP) is 2.91. The van der Waals surface area contributed by atoms with E-state index in [2.05, 4.69) is 0 Å². The predicted molar refractivity (Wildman–Crippen MR) is 119 cm³/mol. The Hall–Kier alpha value is -2.98. The molecule has 0 saturated carbocycles. The number of nitrogens with zero attached hydrogens (tertiary/aromatic N) is 1. The van der Waals surface area contributed by atoms with Crippen LogP contribution in [0.3, 0.4) is 0 Å². The lowest BCUT2D eigenvalue weighted by Gasteiger charge is -2.43. The van der Waals surface area contributed by atoms with Crippen molar-refractivity contribution in [2.45, 2.75) is 29.8 Å². The number of sulfonamides is 1. The fraction of sp³-hybridized carbons (Fsp3) is 0.435. The van der Waals surface area contributed by atoms with E-state index in [1.807, 2.05) is 0 Å². The molecule has 2 aromatic carbocycles. The third-order valence-corrected chi connectivity index (χ3v) is 8.10. The maximum atomic E-state index is 13.2. The lowest BCUT2D eigenvalue weighted by molar-refractivity contribution is 0.00538.